The van der Waals surface area contributed by atoms with Crippen LogP contribution < -0.4 is 0 Å². The second-order valence-corrected chi connectivity index (χ2v) is 6.23. The van der Waals surface area contributed by atoms with Gasteiger partial charge in [-0.3, -0.25) is 0 Å². The van der Waals surface area contributed by atoms with Crippen LogP contribution in [-0.2, 0) is 4.84 Å². The van der Waals surface area contributed by atoms with Crippen LogP contribution in [0.1, 0.15) is 41.8 Å². The van der Waals surface area contributed by atoms with E-state index < -0.39 is 0 Å². The molecule has 1 aliphatic rings. The molecule has 21 heavy (non-hydrogen) atoms. The lowest BCUT2D eigenvalue weighted by Crippen LogP contribution is -2.43. The lowest BCUT2D eigenvalue weighted by Gasteiger charge is -2.34. The van der Waals surface area contributed by atoms with Crippen LogP contribution in [0.2, 0.25) is 0 Å². The van der Waals surface area contributed by atoms with Crippen LogP contribution in [0.15, 0.2) is 23.4 Å². The maximum absolute atomic E-state index is 12.1. The molecule has 4 heteroatoms. The summed E-state index contributed by atoms with van der Waals surface area (Å²) in [6.07, 6.45) is 0.845. The Morgan fingerprint density at radius 2 is 1.86 bits per heavy atom. The summed E-state index contributed by atoms with van der Waals surface area (Å²) in [6.45, 7) is 9.16. The highest BCUT2D eigenvalue weighted by molar-refractivity contribution is 5.92. The third-order valence-electron chi connectivity index (χ3n) is 4.09. The van der Waals surface area contributed by atoms with Gasteiger partial charge in [-0.2, -0.15) is 0 Å². The van der Waals surface area contributed by atoms with Crippen LogP contribution in [0.25, 0.3) is 0 Å². The predicted molar refractivity (Wildman–Crippen MR) is 84.6 cm³/mol. The van der Waals surface area contributed by atoms with Gasteiger partial charge in [0.2, 0.25) is 0 Å². The van der Waals surface area contributed by atoms with Crippen molar-refractivity contribution < 1.29 is 9.63 Å². The van der Waals surface area contributed by atoms with Gasteiger partial charge in [0.05, 0.1) is 11.3 Å². The maximum Gasteiger partial charge on any atom is 0.365 e. The number of benzene rings is 1. The van der Waals surface area contributed by atoms with Gasteiger partial charge in [0.15, 0.2) is 0 Å². The summed E-state index contributed by atoms with van der Waals surface area (Å²) >= 11 is 0. The summed E-state index contributed by atoms with van der Waals surface area (Å²) in [5.41, 5.74) is 3.63. The molecule has 0 amide bonds. The lowest BCUT2D eigenvalue weighted by atomic mass is 9.93. The number of carbonyl (C=O) groups is 1. The smallest absolute Gasteiger partial charge is 0.313 e. The molecule has 2 rings (SSSR count). The number of piperidine rings is 1. The van der Waals surface area contributed by atoms with Crippen LogP contribution >= 0.6 is 0 Å². The number of rotatable bonds is 2. The molecule has 0 saturated carbocycles. The summed E-state index contributed by atoms with van der Waals surface area (Å²) in [5, 5.41) is 4.13. The van der Waals surface area contributed by atoms with Crippen molar-refractivity contribution >= 4 is 11.7 Å². The molecule has 0 spiro atoms. The molecule has 2 atom stereocenters. The van der Waals surface area contributed by atoms with Crippen molar-refractivity contribution in [2.75, 3.05) is 13.6 Å². The minimum absolute atomic E-state index is 0.318. The Morgan fingerprint density at radius 1 is 1.24 bits per heavy atom. The fourth-order valence-corrected chi connectivity index (χ4v) is 2.75. The highest BCUT2D eigenvalue weighted by Crippen LogP contribution is 2.18. The SMILES string of the molecule is Cc1cc(C)cc(C(=O)ON=C2CC(C)N(C)CC2C)c1. The molecule has 1 aliphatic heterocycles. The topological polar surface area (TPSA) is 41.9 Å². The zero-order valence-corrected chi connectivity index (χ0v) is 13.5. The number of carbonyl (C=O) groups excluding carboxylic acids is 1. The molecule has 2 unspecified atom stereocenters. The van der Waals surface area contributed by atoms with E-state index in [4.69, 9.17) is 4.84 Å². The molecular formula is C17H24N2O2. The van der Waals surface area contributed by atoms with Crippen molar-refractivity contribution in [1.82, 2.24) is 4.90 Å². The molecule has 1 heterocycles. The first-order valence-electron chi connectivity index (χ1n) is 7.43. The lowest BCUT2D eigenvalue weighted by molar-refractivity contribution is 0.0508. The Kier molecular flexibility index (Phi) is 4.78. The minimum Gasteiger partial charge on any atom is -0.313 e. The zero-order chi connectivity index (χ0) is 15.6. The molecule has 0 radical (unpaired) electrons. The molecule has 1 fully saturated rings. The summed E-state index contributed by atoms with van der Waals surface area (Å²) in [5.74, 6) is -0.0636. The number of likely N-dealkylation sites (tertiary alicyclic amines) is 1. The summed E-state index contributed by atoms with van der Waals surface area (Å²) in [7, 11) is 2.11. The Labute approximate surface area is 126 Å². The van der Waals surface area contributed by atoms with E-state index in [9.17, 15) is 4.79 Å². The van der Waals surface area contributed by atoms with E-state index in [1.54, 1.807) is 0 Å². The third-order valence-corrected chi connectivity index (χ3v) is 4.09. The fourth-order valence-electron chi connectivity index (χ4n) is 2.75. The zero-order valence-electron chi connectivity index (χ0n) is 13.5. The monoisotopic (exact) mass is 288 g/mol. The van der Waals surface area contributed by atoms with Crippen LogP contribution in [0, 0.1) is 19.8 Å². The second-order valence-electron chi connectivity index (χ2n) is 6.23. The molecular weight excluding hydrogens is 264 g/mol. The Hall–Kier alpha value is -1.68. The van der Waals surface area contributed by atoms with Crippen LogP contribution in [0.5, 0.6) is 0 Å². The first kappa shape index (κ1) is 15.7. The molecule has 1 saturated heterocycles. The summed E-state index contributed by atoms with van der Waals surface area (Å²) in [4.78, 5) is 19.6. The molecule has 0 aliphatic carbocycles. The quantitative estimate of drug-likeness (QED) is 0.620. The molecule has 4 nitrogen and oxygen atoms in total. The van der Waals surface area contributed by atoms with E-state index in [-0.39, 0.29) is 5.97 Å². The van der Waals surface area contributed by atoms with Crippen molar-refractivity contribution in [2.24, 2.45) is 11.1 Å². The van der Waals surface area contributed by atoms with Gasteiger partial charge < -0.3 is 9.74 Å². The van der Waals surface area contributed by atoms with E-state index in [1.807, 2.05) is 32.0 Å². The van der Waals surface area contributed by atoms with E-state index in [1.165, 1.54) is 0 Å². The van der Waals surface area contributed by atoms with Gasteiger partial charge in [-0.15, -0.1) is 0 Å². The largest absolute Gasteiger partial charge is 0.365 e. The standard InChI is InChI=1S/C17H24N2O2/c1-11-6-12(2)8-15(7-11)17(20)21-18-16-9-14(4)19(5)10-13(16)3/h6-8,13-14H,9-10H2,1-5H3. The van der Waals surface area contributed by atoms with Gasteiger partial charge in [-0.25, -0.2) is 4.79 Å². The predicted octanol–water partition coefficient (Wildman–Crippen LogP) is 3.18. The average molecular weight is 288 g/mol. The second kappa shape index (κ2) is 6.39. The number of hydrogen-bond acceptors (Lipinski definition) is 4. The Morgan fingerprint density at radius 3 is 2.48 bits per heavy atom. The van der Waals surface area contributed by atoms with Crippen molar-refractivity contribution in [1.29, 1.82) is 0 Å². The highest BCUT2D eigenvalue weighted by Gasteiger charge is 2.26. The molecule has 0 bridgehead atoms. The van der Waals surface area contributed by atoms with Crippen LogP contribution in [-0.4, -0.2) is 36.2 Å². The van der Waals surface area contributed by atoms with Crippen molar-refractivity contribution in [3.8, 4) is 0 Å². The number of oxime groups is 1. The highest BCUT2D eigenvalue weighted by atomic mass is 16.7. The van der Waals surface area contributed by atoms with Crippen molar-refractivity contribution in [3.63, 3.8) is 0 Å². The first-order valence-corrected chi connectivity index (χ1v) is 7.43. The normalized spacial score (nSPS) is 25.1. The van der Waals surface area contributed by atoms with Gasteiger partial charge >= 0.3 is 5.97 Å². The van der Waals surface area contributed by atoms with E-state index in [0.29, 0.717) is 17.5 Å². The van der Waals surface area contributed by atoms with Gasteiger partial charge in [-0.1, -0.05) is 29.3 Å². The number of aryl methyl sites for hydroxylation is 2. The van der Waals surface area contributed by atoms with Gasteiger partial charge in [0.1, 0.15) is 0 Å². The van der Waals surface area contributed by atoms with E-state index in [2.05, 4.69) is 31.0 Å². The molecule has 0 N–H and O–H groups in total. The van der Waals surface area contributed by atoms with Crippen LogP contribution in [0.3, 0.4) is 0 Å². The maximum atomic E-state index is 12.1. The molecule has 0 aromatic heterocycles. The molecule has 1 aromatic carbocycles. The van der Waals surface area contributed by atoms with Gasteiger partial charge in [0, 0.05) is 24.9 Å². The number of nitrogens with zero attached hydrogens (tertiary/aromatic N) is 2. The van der Waals surface area contributed by atoms with Crippen molar-refractivity contribution in [2.45, 2.75) is 40.2 Å². The minimum atomic E-state index is -0.381. The summed E-state index contributed by atoms with van der Waals surface area (Å²) in [6, 6.07) is 6.12. The number of hydrogen-bond donors (Lipinski definition) is 0. The molecule has 114 valence electrons. The van der Waals surface area contributed by atoms with Gasteiger partial charge in [-0.05, 0) is 40.0 Å². The van der Waals surface area contributed by atoms with Crippen LogP contribution in [0.4, 0.5) is 0 Å². The summed E-state index contributed by atoms with van der Waals surface area (Å²) < 4.78 is 0. The first-order chi connectivity index (χ1) is 9.86. The Bertz CT molecular complexity index is 546. The molecule has 1 aromatic rings. The third kappa shape index (κ3) is 3.91. The Balaban J connectivity index is 2.07. The average Bonchev–Trinajstić information content (AvgIpc) is 2.40. The van der Waals surface area contributed by atoms with E-state index >= 15 is 0 Å². The van der Waals surface area contributed by atoms with Gasteiger partial charge in [0.25, 0.3) is 0 Å². The van der Waals surface area contributed by atoms with E-state index in [0.717, 1.165) is 29.8 Å². The fraction of sp³-hybridized carbons (Fsp3) is 0.529. The van der Waals surface area contributed by atoms with Crippen molar-refractivity contribution in [3.05, 3.63) is 34.9 Å².